The third-order valence-corrected chi connectivity index (χ3v) is 4.24. The maximum atomic E-state index is 12.9. The Bertz CT molecular complexity index is 612. The lowest BCUT2D eigenvalue weighted by molar-refractivity contribution is -0.140. The van der Waals surface area contributed by atoms with Crippen molar-refractivity contribution in [2.75, 3.05) is 7.11 Å². The first-order valence-electron chi connectivity index (χ1n) is 7.10. The summed E-state index contributed by atoms with van der Waals surface area (Å²) < 4.78 is 23.4. The number of hydrogen-bond acceptors (Lipinski definition) is 5. The van der Waals surface area contributed by atoms with Crippen LogP contribution in [-0.2, 0) is 9.53 Å². The third kappa shape index (κ3) is 4.34. The molecule has 2 aromatic rings. The van der Waals surface area contributed by atoms with Crippen molar-refractivity contribution in [1.82, 2.24) is 4.98 Å². The standard InChI is InChI=1S/C16H18FNO3S/c1-3-4-5-14(15(19)20-2)22-16-18-10-13(21-16)11-6-8-12(17)9-7-11/h6-10,14H,3-5H2,1-2H3. The number of rotatable bonds is 7. The van der Waals surface area contributed by atoms with E-state index in [1.165, 1.54) is 31.0 Å². The summed E-state index contributed by atoms with van der Waals surface area (Å²) in [6.45, 7) is 2.07. The quantitative estimate of drug-likeness (QED) is 0.561. The van der Waals surface area contributed by atoms with Crippen molar-refractivity contribution in [3.05, 3.63) is 36.3 Å². The zero-order valence-electron chi connectivity index (χ0n) is 12.5. The number of benzene rings is 1. The number of carbonyl (C=O) groups is 1. The van der Waals surface area contributed by atoms with Crippen molar-refractivity contribution < 1.29 is 18.3 Å². The van der Waals surface area contributed by atoms with Crippen molar-refractivity contribution in [3.63, 3.8) is 0 Å². The molecule has 0 amide bonds. The molecule has 0 aliphatic heterocycles. The monoisotopic (exact) mass is 323 g/mol. The molecule has 0 fully saturated rings. The van der Waals surface area contributed by atoms with Crippen molar-refractivity contribution >= 4 is 17.7 Å². The molecule has 22 heavy (non-hydrogen) atoms. The van der Waals surface area contributed by atoms with E-state index in [9.17, 15) is 9.18 Å². The Morgan fingerprint density at radius 3 is 2.77 bits per heavy atom. The average Bonchev–Trinajstić information content (AvgIpc) is 3.00. The molecule has 0 spiro atoms. The SMILES string of the molecule is CCCCC(Sc1ncc(-c2ccc(F)cc2)o1)C(=O)OC. The molecule has 0 N–H and O–H groups in total. The fourth-order valence-electron chi connectivity index (χ4n) is 1.93. The van der Waals surface area contributed by atoms with Gasteiger partial charge >= 0.3 is 5.97 Å². The van der Waals surface area contributed by atoms with Gasteiger partial charge in [-0.1, -0.05) is 31.5 Å². The first-order chi connectivity index (χ1) is 10.6. The van der Waals surface area contributed by atoms with Gasteiger partial charge in [-0.25, -0.2) is 9.37 Å². The first-order valence-corrected chi connectivity index (χ1v) is 7.98. The molecule has 0 bridgehead atoms. The zero-order chi connectivity index (χ0) is 15.9. The Balaban J connectivity index is 2.09. The number of ether oxygens (including phenoxy) is 1. The summed E-state index contributed by atoms with van der Waals surface area (Å²) >= 11 is 1.25. The number of methoxy groups -OCH3 is 1. The van der Waals surface area contributed by atoms with Crippen LogP contribution in [-0.4, -0.2) is 23.3 Å². The summed E-state index contributed by atoms with van der Waals surface area (Å²) in [7, 11) is 1.38. The molecular formula is C16H18FNO3S. The van der Waals surface area contributed by atoms with Gasteiger partial charge in [0.05, 0.1) is 13.3 Å². The molecule has 0 aliphatic rings. The molecule has 0 saturated heterocycles. The van der Waals surface area contributed by atoms with Crippen LogP contribution in [0.25, 0.3) is 11.3 Å². The highest BCUT2D eigenvalue weighted by Gasteiger charge is 2.22. The number of oxazole rings is 1. The van der Waals surface area contributed by atoms with Crippen LogP contribution >= 0.6 is 11.8 Å². The number of unbranched alkanes of at least 4 members (excludes halogenated alkanes) is 1. The molecule has 0 saturated carbocycles. The van der Waals surface area contributed by atoms with Gasteiger partial charge in [0.2, 0.25) is 0 Å². The number of halogens is 1. The molecule has 4 nitrogen and oxygen atoms in total. The highest BCUT2D eigenvalue weighted by Crippen LogP contribution is 2.30. The molecule has 1 aromatic carbocycles. The lowest BCUT2D eigenvalue weighted by Crippen LogP contribution is -2.18. The predicted octanol–water partition coefficient (Wildman–Crippen LogP) is 4.30. The summed E-state index contributed by atoms with van der Waals surface area (Å²) in [5.74, 6) is -0.0372. The van der Waals surface area contributed by atoms with Crippen molar-refractivity contribution in [1.29, 1.82) is 0 Å². The number of thioether (sulfide) groups is 1. The normalized spacial score (nSPS) is 12.1. The first kappa shape index (κ1) is 16.5. The summed E-state index contributed by atoms with van der Waals surface area (Å²) in [6.07, 6.45) is 4.21. The minimum Gasteiger partial charge on any atom is -0.468 e. The number of nitrogens with zero attached hydrogens (tertiary/aromatic N) is 1. The van der Waals surface area contributed by atoms with Crippen LogP contribution in [0.15, 0.2) is 40.1 Å². The van der Waals surface area contributed by atoms with E-state index in [0.29, 0.717) is 17.4 Å². The van der Waals surface area contributed by atoms with E-state index in [2.05, 4.69) is 11.9 Å². The van der Waals surface area contributed by atoms with Crippen LogP contribution in [0, 0.1) is 5.82 Å². The van der Waals surface area contributed by atoms with Gasteiger partial charge in [0.15, 0.2) is 5.76 Å². The highest BCUT2D eigenvalue weighted by molar-refractivity contribution is 8.00. The fraction of sp³-hybridized carbons (Fsp3) is 0.375. The summed E-state index contributed by atoms with van der Waals surface area (Å²) in [6, 6.07) is 5.98. The van der Waals surface area contributed by atoms with Crippen molar-refractivity contribution in [2.24, 2.45) is 0 Å². The second-order valence-corrected chi connectivity index (χ2v) is 5.92. The van der Waals surface area contributed by atoms with E-state index in [4.69, 9.17) is 9.15 Å². The Kier molecular flexibility index (Phi) is 6.00. The van der Waals surface area contributed by atoms with E-state index in [1.807, 2.05) is 0 Å². The van der Waals surface area contributed by atoms with E-state index >= 15 is 0 Å². The molecular weight excluding hydrogens is 305 g/mol. The van der Waals surface area contributed by atoms with Gasteiger partial charge < -0.3 is 9.15 Å². The molecule has 1 atom stereocenters. The Hall–Kier alpha value is -1.82. The van der Waals surface area contributed by atoms with E-state index in [0.717, 1.165) is 18.4 Å². The number of aromatic nitrogens is 1. The van der Waals surface area contributed by atoms with Crippen molar-refractivity contribution in [3.8, 4) is 11.3 Å². The van der Waals surface area contributed by atoms with Gasteiger partial charge in [0.25, 0.3) is 5.22 Å². The molecule has 1 heterocycles. The van der Waals surface area contributed by atoms with Gasteiger partial charge in [-0.2, -0.15) is 0 Å². The van der Waals surface area contributed by atoms with E-state index in [-0.39, 0.29) is 17.0 Å². The van der Waals surface area contributed by atoms with Gasteiger partial charge in [0.1, 0.15) is 11.1 Å². The van der Waals surface area contributed by atoms with Crippen LogP contribution in [0.3, 0.4) is 0 Å². The largest absolute Gasteiger partial charge is 0.468 e. The zero-order valence-corrected chi connectivity index (χ0v) is 13.4. The lowest BCUT2D eigenvalue weighted by Gasteiger charge is -2.11. The average molecular weight is 323 g/mol. The third-order valence-electron chi connectivity index (χ3n) is 3.14. The highest BCUT2D eigenvalue weighted by atomic mass is 32.2. The van der Waals surface area contributed by atoms with Crippen LogP contribution < -0.4 is 0 Å². The summed E-state index contributed by atoms with van der Waals surface area (Å²) in [5, 5.41) is 0.0792. The second-order valence-electron chi connectivity index (χ2n) is 4.77. The van der Waals surface area contributed by atoms with Gasteiger partial charge in [-0.15, -0.1) is 0 Å². The van der Waals surface area contributed by atoms with E-state index < -0.39 is 0 Å². The smallest absolute Gasteiger partial charge is 0.319 e. The van der Waals surface area contributed by atoms with Gasteiger partial charge in [-0.05, 0) is 30.7 Å². The summed E-state index contributed by atoms with van der Waals surface area (Å²) in [4.78, 5) is 16.0. The minimum atomic E-state index is -0.329. The van der Waals surface area contributed by atoms with Crippen LogP contribution in [0.5, 0.6) is 0 Å². The van der Waals surface area contributed by atoms with Crippen LogP contribution in [0.4, 0.5) is 4.39 Å². The maximum Gasteiger partial charge on any atom is 0.319 e. The number of esters is 1. The molecule has 6 heteroatoms. The molecule has 0 aliphatic carbocycles. The van der Waals surface area contributed by atoms with Gasteiger partial charge in [0, 0.05) is 5.56 Å². The van der Waals surface area contributed by atoms with Gasteiger partial charge in [-0.3, -0.25) is 4.79 Å². The second kappa shape index (κ2) is 7.98. The lowest BCUT2D eigenvalue weighted by atomic mass is 10.2. The number of carbonyl (C=O) groups excluding carboxylic acids is 1. The molecule has 0 radical (unpaired) electrons. The molecule has 118 valence electrons. The van der Waals surface area contributed by atoms with E-state index in [1.54, 1.807) is 18.3 Å². The Morgan fingerprint density at radius 2 is 2.14 bits per heavy atom. The predicted molar refractivity (Wildman–Crippen MR) is 83.1 cm³/mol. The van der Waals surface area contributed by atoms with Crippen molar-refractivity contribution in [2.45, 2.75) is 36.7 Å². The molecule has 2 rings (SSSR count). The van der Waals surface area contributed by atoms with Crippen LogP contribution in [0.2, 0.25) is 0 Å². The maximum absolute atomic E-state index is 12.9. The fourth-order valence-corrected chi connectivity index (χ4v) is 2.90. The minimum absolute atomic E-state index is 0.278. The number of hydrogen-bond donors (Lipinski definition) is 0. The van der Waals surface area contributed by atoms with Crippen LogP contribution in [0.1, 0.15) is 26.2 Å². The summed E-state index contributed by atoms with van der Waals surface area (Å²) in [5.41, 5.74) is 0.740. The molecule has 1 unspecified atom stereocenters. The Labute approximate surface area is 133 Å². The topological polar surface area (TPSA) is 52.3 Å². The molecule has 1 aromatic heterocycles. The Morgan fingerprint density at radius 1 is 1.41 bits per heavy atom.